The van der Waals surface area contributed by atoms with Crippen LogP contribution in [-0.2, 0) is 11.0 Å². The molecule has 2 aromatic rings. The van der Waals surface area contributed by atoms with Gasteiger partial charge in [0.05, 0.1) is 26.9 Å². The van der Waals surface area contributed by atoms with Gasteiger partial charge >= 0.3 is 0 Å². The zero-order chi connectivity index (χ0) is 23.5. The van der Waals surface area contributed by atoms with Crippen LogP contribution in [-0.4, -0.2) is 28.2 Å². The Bertz CT molecular complexity index is 982. The Kier molecular flexibility index (Phi) is 7.74. The third kappa shape index (κ3) is 5.56. The molecule has 6 heteroatoms. The monoisotopic (exact) mass is 473 g/mol. The third-order valence-corrected chi connectivity index (χ3v) is 11.5. The van der Waals surface area contributed by atoms with Gasteiger partial charge < -0.3 is 13.9 Å². The zero-order valence-electron chi connectivity index (χ0n) is 20.4. The Morgan fingerprint density at radius 3 is 2.47 bits per heavy atom. The lowest BCUT2D eigenvalue weighted by Gasteiger charge is -2.39. The Morgan fingerprint density at radius 2 is 1.81 bits per heavy atom. The van der Waals surface area contributed by atoms with Gasteiger partial charge in [0.25, 0.3) is 0 Å². The lowest BCUT2D eigenvalue weighted by Crippen LogP contribution is -2.41. The van der Waals surface area contributed by atoms with Crippen LogP contribution in [0.5, 0.6) is 11.5 Å². The predicted molar refractivity (Wildman–Crippen MR) is 136 cm³/mol. The predicted octanol–water partition coefficient (Wildman–Crippen LogP) is 7.59. The van der Waals surface area contributed by atoms with Crippen LogP contribution in [0.15, 0.2) is 41.4 Å². The van der Waals surface area contributed by atoms with Gasteiger partial charge in [-0.25, -0.2) is 0 Å². The summed E-state index contributed by atoms with van der Waals surface area (Å²) in [7, 11) is 1.41. The molecule has 1 unspecified atom stereocenters. The molecule has 0 N–H and O–H groups in total. The average Bonchev–Trinajstić information content (AvgIpc) is 2.90. The van der Waals surface area contributed by atoms with Gasteiger partial charge in [-0.1, -0.05) is 38.4 Å². The molecular formula is C26H36ClNO3Si. The van der Waals surface area contributed by atoms with Gasteiger partial charge in [-0.2, -0.15) is 0 Å². The van der Waals surface area contributed by atoms with Crippen LogP contribution in [0.2, 0.25) is 23.2 Å². The molecule has 0 fully saturated rings. The van der Waals surface area contributed by atoms with Gasteiger partial charge in [-0.3, -0.25) is 4.99 Å². The van der Waals surface area contributed by atoms with E-state index in [-0.39, 0.29) is 11.1 Å². The number of fused-ring (bicyclic) bond motifs is 1. The van der Waals surface area contributed by atoms with Crippen molar-refractivity contribution in [2.75, 3.05) is 14.2 Å². The molecule has 0 amide bonds. The van der Waals surface area contributed by atoms with E-state index in [1.807, 2.05) is 24.3 Å². The van der Waals surface area contributed by atoms with Crippen molar-refractivity contribution < 1.29 is 13.9 Å². The van der Waals surface area contributed by atoms with Crippen LogP contribution in [0.25, 0.3) is 0 Å². The lowest BCUT2D eigenvalue weighted by atomic mass is 10.00. The van der Waals surface area contributed by atoms with Gasteiger partial charge in [0.15, 0.2) is 8.32 Å². The van der Waals surface area contributed by atoms with E-state index in [9.17, 15) is 0 Å². The summed E-state index contributed by atoms with van der Waals surface area (Å²) in [6.07, 6.45) is 2.98. The summed E-state index contributed by atoms with van der Waals surface area (Å²) in [4.78, 5) is 5.04. The molecule has 1 aliphatic carbocycles. The zero-order valence-corrected chi connectivity index (χ0v) is 22.2. The summed E-state index contributed by atoms with van der Waals surface area (Å²) in [6, 6.07) is 12.0. The SMILES string of the molecule is COc1ccc(CN=C2CCCC(O[Si](C)(C)C(C)(C)C)c3cc(Cl)ccc32)c(OC)c1. The molecule has 174 valence electrons. The van der Waals surface area contributed by atoms with Crippen LogP contribution in [0.1, 0.15) is 62.8 Å². The van der Waals surface area contributed by atoms with Crippen molar-refractivity contribution in [2.45, 2.75) is 70.8 Å². The molecule has 0 saturated carbocycles. The Morgan fingerprint density at radius 1 is 1.06 bits per heavy atom. The number of nitrogens with zero attached hydrogens (tertiary/aromatic N) is 1. The molecule has 4 nitrogen and oxygen atoms in total. The van der Waals surface area contributed by atoms with Crippen molar-refractivity contribution in [1.82, 2.24) is 0 Å². The quantitative estimate of drug-likeness (QED) is 0.320. The lowest BCUT2D eigenvalue weighted by molar-refractivity contribution is 0.173. The van der Waals surface area contributed by atoms with Crippen LogP contribution in [0, 0.1) is 0 Å². The molecule has 0 aliphatic heterocycles. The molecule has 2 aromatic carbocycles. The Labute approximate surface area is 199 Å². The van der Waals surface area contributed by atoms with Gasteiger partial charge in [-0.15, -0.1) is 0 Å². The van der Waals surface area contributed by atoms with Gasteiger partial charge in [0.1, 0.15) is 11.5 Å². The van der Waals surface area contributed by atoms with Crippen LogP contribution >= 0.6 is 11.6 Å². The van der Waals surface area contributed by atoms with Crippen molar-refractivity contribution >= 4 is 25.6 Å². The number of ether oxygens (including phenoxy) is 2. The minimum Gasteiger partial charge on any atom is -0.497 e. The summed E-state index contributed by atoms with van der Waals surface area (Å²) in [5.41, 5.74) is 4.47. The van der Waals surface area contributed by atoms with E-state index < -0.39 is 8.32 Å². The summed E-state index contributed by atoms with van der Waals surface area (Å²) in [6.45, 7) is 12.0. The normalized spacial score (nSPS) is 18.2. The summed E-state index contributed by atoms with van der Waals surface area (Å²) in [5, 5.41) is 0.894. The van der Waals surface area contributed by atoms with Crippen molar-refractivity contribution in [3.8, 4) is 11.5 Å². The highest BCUT2D eigenvalue weighted by molar-refractivity contribution is 6.74. The second-order valence-corrected chi connectivity index (χ2v) is 15.1. The molecule has 1 aliphatic rings. The maximum Gasteiger partial charge on any atom is 0.192 e. The van der Waals surface area contributed by atoms with Crippen LogP contribution in [0.3, 0.4) is 0 Å². The van der Waals surface area contributed by atoms with Crippen molar-refractivity contribution in [1.29, 1.82) is 0 Å². The number of halogens is 1. The van der Waals surface area contributed by atoms with E-state index in [1.54, 1.807) is 14.2 Å². The highest BCUT2D eigenvalue weighted by Crippen LogP contribution is 2.43. The second kappa shape index (κ2) is 9.98. The van der Waals surface area contributed by atoms with Crippen molar-refractivity contribution in [2.24, 2.45) is 4.99 Å². The van der Waals surface area contributed by atoms with Crippen LogP contribution < -0.4 is 9.47 Å². The van der Waals surface area contributed by atoms with E-state index in [2.05, 4.69) is 46.0 Å². The number of benzene rings is 2. The number of methoxy groups -OCH3 is 2. The van der Waals surface area contributed by atoms with Crippen molar-refractivity contribution in [3.63, 3.8) is 0 Å². The first kappa shape index (κ1) is 24.8. The minimum absolute atomic E-state index is 0.0489. The largest absolute Gasteiger partial charge is 0.497 e. The number of hydrogen-bond donors (Lipinski definition) is 0. The third-order valence-electron chi connectivity index (χ3n) is 6.73. The van der Waals surface area contributed by atoms with E-state index in [1.165, 1.54) is 5.56 Å². The Hall–Kier alpha value is -1.82. The number of rotatable bonds is 6. The fraction of sp³-hybridized carbons (Fsp3) is 0.500. The first-order valence-corrected chi connectivity index (χ1v) is 14.6. The molecular weight excluding hydrogens is 438 g/mol. The van der Waals surface area contributed by atoms with Gasteiger partial charge in [-0.05, 0) is 67.2 Å². The highest BCUT2D eigenvalue weighted by atomic mass is 35.5. The van der Waals surface area contributed by atoms with Gasteiger partial charge in [0.2, 0.25) is 0 Å². The smallest absolute Gasteiger partial charge is 0.192 e. The molecule has 32 heavy (non-hydrogen) atoms. The van der Waals surface area contributed by atoms with Gasteiger partial charge in [0, 0.05) is 27.9 Å². The molecule has 0 heterocycles. The molecule has 0 spiro atoms. The topological polar surface area (TPSA) is 40.0 Å². The maximum absolute atomic E-state index is 6.87. The molecule has 1 atom stereocenters. The maximum atomic E-state index is 6.87. The fourth-order valence-corrected chi connectivity index (χ4v) is 5.28. The molecule has 0 bridgehead atoms. The second-order valence-electron chi connectivity index (χ2n) is 9.93. The summed E-state index contributed by atoms with van der Waals surface area (Å²) in [5.74, 6) is 1.57. The molecule has 0 saturated heterocycles. The molecule has 3 rings (SSSR count). The van der Waals surface area contributed by atoms with E-state index in [0.29, 0.717) is 6.54 Å². The minimum atomic E-state index is -1.93. The average molecular weight is 474 g/mol. The number of hydrogen-bond acceptors (Lipinski definition) is 4. The highest BCUT2D eigenvalue weighted by Gasteiger charge is 2.40. The molecule has 0 aromatic heterocycles. The standard InChI is InChI=1S/C26H36ClNO3Si/c1-26(2,3)32(6,7)31-24-10-8-9-23(21-14-12-19(27)15-22(21)24)28-17-18-11-13-20(29-4)16-25(18)30-5/h11-16,24H,8-10,17H2,1-7H3. The van der Waals surface area contributed by atoms with Crippen LogP contribution in [0.4, 0.5) is 0 Å². The van der Waals surface area contributed by atoms with Crippen molar-refractivity contribution in [3.05, 3.63) is 58.1 Å². The first-order chi connectivity index (χ1) is 15.1. The number of aliphatic imine (C=N–C) groups is 1. The van der Waals surface area contributed by atoms with E-state index in [0.717, 1.165) is 52.6 Å². The Balaban J connectivity index is 1.95. The summed E-state index contributed by atoms with van der Waals surface area (Å²) >= 11 is 6.43. The first-order valence-electron chi connectivity index (χ1n) is 11.3. The fourth-order valence-electron chi connectivity index (χ4n) is 3.79. The van der Waals surface area contributed by atoms with E-state index >= 15 is 0 Å². The van der Waals surface area contributed by atoms with E-state index in [4.69, 9.17) is 30.5 Å². The molecule has 0 radical (unpaired) electrons. The summed E-state index contributed by atoms with van der Waals surface area (Å²) < 4.78 is 17.7.